The second-order valence-electron chi connectivity index (χ2n) is 6.45. The van der Waals surface area contributed by atoms with Crippen molar-refractivity contribution in [3.05, 3.63) is 99.5 Å². The lowest BCUT2D eigenvalue weighted by Crippen LogP contribution is -2.39. The molecular formula is C22H19Cl2N3O3. The Bertz CT molecular complexity index is 1030. The normalized spacial score (nSPS) is 11.4. The van der Waals surface area contributed by atoms with Crippen LogP contribution in [0.1, 0.15) is 27.5 Å². The van der Waals surface area contributed by atoms with Crippen molar-refractivity contribution < 1.29 is 14.8 Å². The molecule has 0 aromatic heterocycles. The number of carbonyl (C=O) groups is 2. The van der Waals surface area contributed by atoms with E-state index in [4.69, 9.17) is 23.2 Å². The van der Waals surface area contributed by atoms with E-state index in [1.54, 1.807) is 12.1 Å². The molecule has 6 nitrogen and oxygen atoms in total. The van der Waals surface area contributed by atoms with Crippen LogP contribution in [0.5, 0.6) is 0 Å². The van der Waals surface area contributed by atoms with Crippen LogP contribution in [0.25, 0.3) is 0 Å². The molecule has 2 amide bonds. The Labute approximate surface area is 183 Å². The number of benzene rings is 3. The Kier molecular flexibility index (Phi) is 7.30. The highest BCUT2D eigenvalue weighted by Crippen LogP contribution is 2.24. The van der Waals surface area contributed by atoms with E-state index in [0.717, 1.165) is 11.1 Å². The third kappa shape index (κ3) is 5.51. The van der Waals surface area contributed by atoms with Gasteiger partial charge >= 0.3 is 0 Å². The van der Waals surface area contributed by atoms with Gasteiger partial charge < -0.3 is 10.6 Å². The van der Waals surface area contributed by atoms with Gasteiger partial charge in [0, 0.05) is 10.0 Å². The molecule has 0 bridgehead atoms. The molecule has 0 spiro atoms. The van der Waals surface area contributed by atoms with Crippen molar-refractivity contribution in [2.45, 2.75) is 6.04 Å². The van der Waals surface area contributed by atoms with E-state index >= 15 is 0 Å². The third-order valence-electron chi connectivity index (χ3n) is 4.40. The summed E-state index contributed by atoms with van der Waals surface area (Å²) in [7, 11) is 0. The summed E-state index contributed by atoms with van der Waals surface area (Å²) in [6.45, 7) is -0.247. The fraction of sp³-hybridized carbons (Fsp3) is 0.0909. The summed E-state index contributed by atoms with van der Waals surface area (Å²) in [6, 6.07) is 20.6. The Balaban J connectivity index is 1.70. The highest BCUT2D eigenvalue weighted by atomic mass is 35.5. The number of hydrogen-bond acceptors (Lipinski definition) is 4. The molecule has 3 aromatic carbocycles. The van der Waals surface area contributed by atoms with E-state index < -0.39 is 11.9 Å². The maximum absolute atomic E-state index is 12.6. The van der Waals surface area contributed by atoms with Gasteiger partial charge in [-0.3, -0.25) is 20.3 Å². The van der Waals surface area contributed by atoms with Crippen LogP contribution in [0.3, 0.4) is 0 Å². The van der Waals surface area contributed by atoms with Gasteiger partial charge in [-0.1, -0.05) is 65.7 Å². The first-order valence-corrected chi connectivity index (χ1v) is 9.81. The van der Waals surface area contributed by atoms with E-state index in [1.807, 2.05) is 47.9 Å². The van der Waals surface area contributed by atoms with E-state index in [0.29, 0.717) is 10.0 Å². The van der Waals surface area contributed by atoms with Crippen molar-refractivity contribution in [2.75, 3.05) is 12.0 Å². The zero-order valence-corrected chi connectivity index (χ0v) is 17.2. The van der Waals surface area contributed by atoms with Crippen LogP contribution in [-0.4, -0.2) is 23.6 Å². The Hall–Kier alpha value is -3.06. The summed E-state index contributed by atoms with van der Waals surface area (Å²) in [6.07, 6.45) is 0. The van der Waals surface area contributed by atoms with Gasteiger partial charge in [-0.05, 0) is 41.5 Å². The molecule has 4 N–H and O–H groups in total. The summed E-state index contributed by atoms with van der Waals surface area (Å²) in [5.41, 5.74) is 3.98. The molecule has 0 saturated carbocycles. The largest absolute Gasteiger partial charge is 0.344 e. The van der Waals surface area contributed by atoms with Gasteiger partial charge in [-0.25, -0.2) is 0 Å². The molecule has 0 heterocycles. The predicted octanol–water partition coefficient (Wildman–Crippen LogP) is 4.43. The zero-order chi connectivity index (χ0) is 21.5. The topological polar surface area (TPSA) is 90.5 Å². The monoisotopic (exact) mass is 443 g/mol. The van der Waals surface area contributed by atoms with Crippen molar-refractivity contribution in [1.82, 2.24) is 10.6 Å². The fourth-order valence-electron chi connectivity index (χ4n) is 2.93. The van der Waals surface area contributed by atoms with Crippen molar-refractivity contribution >= 4 is 40.7 Å². The first-order chi connectivity index (χ1) is 14.5. The lowest BCUT2D eigenvalue weighted by atomic mass is 9.98. The SMILES string of the molecule is O=C(CNC(=O)c1ccc(Cl)cc1NO)NC(c1ccccc1)c1ccc(Cl)cc1. The average Bonchev–Trinajstić information content (AvgIpc) is 2.77. The van der Waals surface area contributed by atoms with Crippen LogP contribution in [0, 0.1) is 0 Å². The zero-order valence-electron chi connectivity index (χ0n) is 15.7. The van der Waals surface area contributed by atoms with E-state index in [-0.39, 0.29) is 23.7 Å². The summed E-state index contributed by atoms with van der Waals surface area (Å²) in [4.78, 5) is 25.0. The number of halogens is 2. The molecule has 0 aliphatic carbocycles. The fourth-order valence-corrected chi connectivity index (χ4v) is 3.23. The smallest absolute Gasteiger partial charge is 0.253 e. The number of nitrogens with one attached hydrogen (secondary N) is 3. The van der Waals surface area contributed by atoms with E-state index in [9.17, 15) is 14.8 Å². The maximum atomic E-state index is 12.6. The minimum absolute atomic E-state index is 0.142. The van der Waals surface area contributed by atoms with Crippen molar-refractivity contribution in [3.63, 3.8) is 0 Å². The second kappa shape index (κ2) is 10.1. The molecule has 0 aliphatic rings. The maximum Gasteiger partial charge on any atom is 0.253 e. The minimum Gasteiger partial charge on any atom is -0.344 e. The lowest BCUT2D eigenvalue weighted by molar-refractivity contribution is -0.120. The quantitative estimate of drug-likeness (QED) is 0.406. The van der Waals surface area contributed by atoms with E-state index in [1.165, 1.54) is 18.2 Å². The van der Waals surface area contributed by atoms with Crippen LogP contribution in [-0.2, 0) is 4.79 Å². The highest BCUT2D eigenvalue weighted by Gasteiger charge is 2.18. The molecular weight excluding hydrogens is 425 g/mol. The number of carbonyl (C=O) groups excluding carboxylic acids is 2. The molecule has 3 aromatic rings. The first-order valence-electron chi connectivity index (χ1n) is 9.05. The van der Waals surface area contributed by atoms with Gasteiger partial charge in [-0.15, -0.1) is 0 Å². The predicted molar refractivity (Wildman–Crippen MR) is 117 cm³/mol. The minimum atomic E-state index is -0.527. The van der Waals surface area contributed by atoms with Crippen LogP contribution in [0.2, 0.25) is 10.0 Å². The number of anilines is 1. The first kappa shape index (κ1) is 21.6. The van der Waals surface area contributed by atoms with E-state index in [2.05, 4.69) is 10.6 Å². The Morgan fingerprint density at radius 2 is 1.50 bits per heavy atom. The molecule has 3 rings (SSSR count). The van der Waals surface area contributed by atoms with Gasteiger partial charge in [0.15, 0.2) is 0 Å². The second-order valence-corrected chi connectivity index (χ2v) is 7.32. The molecule has 0 fully saturated rings. The number of rotatable bonds is 7. The third-order valence-corrected chi connectivity index (χ3v) is 4.88. The summed E-state index contributed by atoms with van der Waals surface area (Å²) < 4.78 is 0. The highest BCUT2D eigenvalue weighted by molar-refractivity contribution is 6.31. The Morgan fingerprint density at radius 3 is 2.17 bits per heavy atom. The molecule has 0 radical (unpaired) electrons. The summed E-state index contributed by atoms with van der Waals surface area (Å²) in [5, 5.41) is 15.6. The number of amides is 2. The van der Waals surface area contributed by atoms with Crippen LogP contribution in [0.15, 0.2) is 72.8 Å². The van der Waals surface area contributed by atoms with Gasteiger partial charge in [0.05, 0.1) is 23.8 Å². The molecule has 1 atom stereocenters. The van der Waals surface area contributed by atoms with Gasteiger partial charge in [0.2, 0.25) is 5.91 Å². The number of hydrogen-bond donors (Lipinski definition) is 4. The average molecular weight is 444 g/mol. The van der Waals surface area contributed by atoms with Crippen LogP contribution >= 0.6 is 23.2 Å². The standard InChI is InChI=1S/C22H19Cl2N3O3/c23-16-8-6-15(7-9-16)21(14-4-2-1-3-5-14)26-20(28)13-25-22(29)18-11-10-17(24)12-19(18)27-30/h1-12,21,27,30H,13H2,(H,25,29)(H,26,28). The van der Waals surface area contributed by atoms with Gasteiger partial charge in [0.1, 0.15) is 0 Å². The van der Waals surface area contributed by atoms with Crippen molar-refractivity contribution in [2.24, 2.45) is 0 Å². The van der Waals surface area contributed by atoms with Crippen molar-refractivity contribution in [3.8, 4) is 0 Å². The molecule has 0 aliphatic heterocycles. The van der Waals surface area contributed by atoms with Gasteiger partial charge in [-0.2, -0.15) is 0 Å². The lowest BCUT2D eigenvalue weighted by Gasteiger charge is -2.20. The molecule has 154 valence electrons. The molecule has 1 unspecified atom stereocenters. The molecule has 0 saturated heterocycles. The Morgan fingerprint density at radius 1 is 0.867 bits per heavy atom. The molecule has 8 heteroatoms. The summed E-state index contributed by atoms with van der Waals surface area (Å²) >= 11 is 11.8. The summed E-state index contributed by atoms with van der Waals surface area (Å²) in [5.74, 6) is -0.902. The van der Waals surface area contributed by atoms with Crippen LogP contribution in [0.4, 0.5) is 5.69 Å². The molecule has 30 heavy (non-hydrogen) atoms. The van der Waals surface area contributed by atoms with Crippen molar-refractivity contribution in [1.29, 1.82) is 0 Å². The van der Waals surface area contributed by atoms with Gasteiger partial charge in [0.25, 0.3) is 5.91 Å². The van der Waals surface area contributed by atoms with Crippen LogP contribution < -0.4 is 16.1 Å².